The van der Waals surface area contributed by atoms with Crippen molar-refractivity contribution in [3.05, 3.63) is 0 Å². The van der Waals surface area contributed by atoms with Crippen LogP contribution in [-0.4, -0.2) is 41.4 Å². The summed E-state index contributed by atoms with van der Waals surface area (Å²) in [7, 11) is 0. The van der Waals surface area contributed by atoms with Gasteiger partial charge in [-0.2, -0.15) is 16.8 Å². The molecular formula is C7H15N5S. The Morgan fingerprint density at radius 3 is 2.77 bits per heavy atom. The van der Waals surface area contributed by atoms with Crippen molar-refractivity contribution in [2.45, 2.75) is 6.42 Å². The van der Waals surface area contributed by atoms with Crippen LogP contribution in [0.3, 0.4) is 0 Å². The van der Waals surface area contributed by atoms with Gasteiger partial charge in [0, 0.05) is 18.8 Å². The minimum atomic E-state index is -0.0399. The molecule has 13 heavy (non-hydrogen) atoms. The van der Waals surface area contributed by atoms with E-state index < -0.39 is 0 Å². The second kappa shape index (κ2) is 4.96. The average molecular weight is 201 g/mol. The van der Waals surface area contributed by atoms with Crippen LogP contribution in [0.15, 0.2) is 4.99 Å². The van der Waals surface area contributed by atoms with Crippen LogP contribution >= 0.6 is 11.8 Å². The van der Waals surface area contributed by atoms with Crippen molar-refractivity contribution >= 4 is 23.7 Å². The third-order valence-electron chi connectivity index (χ3n) is 1.76. The van der Waals surface area contributed by atoms with Gasteiger partial charge in [-0.15, -0.1) is 0 Å². The molecule has 0 saturated carbocycles. The van der Waals surface area contributed by atoms with Gasteiger partial charge in [-0.05, 0) is 12.2 Å². The maximum Gasteiger partial charge on any atom is 0.221 e. The molecule has 1 fully saturated rings. The number of hydrogen-bond donors (Lipinski definition) is 3. The van der Waals surface area contributed by atoms with E-state index in [0.29, 0.717) is 0 Å². The Bertz CT molecular complexity index is 203. The highest BCUT2D eigenvalue weighted by molar-refractivity contribution is 7.99. The Labute approximate surface area is 82.1 Å². The molecule has 5 N–H and O–H groups in total. The van der Waals surface area contributed by atoms with Crippen molar-refractivity contribution in [2.75, 3.05) is 24.6 Å². The monoisotopic (exact) mass is 201 g/mol. The zero-order chi connectivity index (χ0) is 9.68. The fraction of sp³-hybridized carbons (Fsp3) is 0.714. The Kier molecular flexibility index (Phi) is 3.88. The quantitative estimate of drug-likeness (QED) is 0.368. The van der Waals surface area contributed by atoms with Gasteiger partial charge in [0.2, 0.25) is 5.96 Å². The molecule has 1 aliphatic heterocycles. The lowest BCUT2D eigenvalue weighted by Crippen LogP contribution is -2.34. The predicted octanol–water partition coefficient (Wildman–Crippen LogP) is -0.367. The summed E-state index contributed by atoms with van der Waals surface area (Å²) in [5, 5.41) is 7.58. The Morgan fingerprint density at radius 1 is 1.31 bits per heavy atom. The average Bonchev–Trinajstić information content (AvgIpc) is 2.29. The van der Waals surface area contributed by atoms with Gasteiger partial charge in [0.05, 0.1) is 0 Å². The molecule has 74 valence electrons. The first-order valence-electron chi connectivity index (χ1n) is 4.21. The van der Waals surface area contributed by atoms with Crippen LogP contribution in [0.2, 0.25) is 0 Å². The third-order valence-corrected chi connectivity index (χ3v) is 2.81. The van der Waals surface area contributed by atoms with Gasteiger partial charge in [-0.1, -0.05) is 0 Å². The largest absolute Gasteiger partial charge is 0.370 e. The standard InChI is InChI=1S/C7H15N5S/c8-6(9)11-7(10)12-2-1-4-13-5-3-12/h1-5H2,(H5,8,9,10,11). The first kappa shape index (κ1) is 10.2. The number of rotatable bonds is 0. The van der Waals surface area contributed by atoms with Gasteiger partial charge < -0.3 is 16.4 Å². The number of nitrogens with zero attached hydrogens (tertiary/aromatic N) is 2. The van der Waals surface area contributed by atoms with Crippen molar-refractivity contribution in [3.63, 3.8) is 0 Å². The number of guanidine groups is 2. The second-order valence-electron chi connectivity index (χ2n) is 2.81. The lowest BCUT2D eigenvalue weighted by Gasteiger charge is -2.19. The van der Waals surface area contributed by atoms with Gasteiger partial charge in [-0.25, -0.2) is 0 Å². The van der Waals surface area contributed by atoms with E-state index in [4.69, 9.17) is 16.9 Å². The summed E-state index contributed by atoms with van der Waals surface area (Å²) < 4.78 is 0. The van der Waals surface area contributed by atoms with Crippen LogP contribution in [0, 0.1) is 5.41 Å². The number of hydrogen-bond acceptors (Lipinski definition) is 2. The normalized spacial score (nSPS) is 17.7. The second-order valence-corrected chi connectivity index (χ2v) is 4.04. The minimum absolute atomic E-state index is 0.0399. The maximum absolute atomic E-state index is 7.58. The molecule has 5 nitrogen and oxygen atoms in total. The first-order chi connectivity index (χ1) is 6.20. The van der Waals surface area contributed by atoms with Crippen LogP contribution in [0.5, 0.6) is 0 Å². The fourth-order valence-electron chi connectivity index (χ4n) is 1.15. The van der Waals surface area contributed by atoms with Gasteiger partial charge in [0.15, 0.2) is 5.96 Å². The molecular weight excluding hydrogens is 186 g/mol. The van der Waals surface area contributed by atoms with E-state index >= 15 is 0 Å². The summed E-state index contributed by atoms with van der Waals surface area (Å²) in [5.41, 5.74) is 10.4. The van der Waals surface area contributed by atoms with E-state index in [1.54, 1.807) is 0 Å². The highest BCUT2D eigenvalue weighted by Gasteiger charge is 2.11. The van der Waals surface area contributed by atoms with E-state index in [1.165, 1.54) is 0 Å². The lowest BCUT2D eigenvalue weighted by atomic mass is 10.4. The number of thioether (sulfide) groups is 1. The van der Waals surface area contributed by atoms with Crippen molar-refractivity contribution in [1.29, 1.82) is 5.41 Å². The number of nitrogens with two attached hydrogens (primary N) is 2. The molecule has 0 amide bonds. The highest BCUT2D eigenvalue weighted by Crippen LogP contribution is 2.10. The number of aliphatic imine (C=N–C) groups is 1. The zero-order valence-electron chi connectivity index (χ0n) is 7.49. The highest BCUT2D eigenvalue weighted by atomic mass is 32.2. The molecule has 1 saturated heterocycles. The zero-order valence-corrected chi connectivity index (χ0v) is 8.31. The molecule has 0 spiro atoms. The summed E-state index contributed by atoms with van der Waals surface area (Å²) >= 11 is 1.91. The van der Waals surface area contributed by atoms with Crippen LogP contribution < -0.4 is 11.5 Å². The van der Waals surface area contributed by atoms with Gasteiger partial charge in [0.1, 0.15) is 0 Å². The molecule has 0 bridgehead atoms. The van der Waals surface area contributed by atoms with E-state index in [0.717, 1.165) is 31.0 Å². The summed E-state index contributed by atoms with van der Waals surface area (Å²) in [6, 6.07) is 0. The smallest absolute Gasteiger partial charge is 0.221 e. The van der Waals surface area contributed by atoms with Crippen LogP contribution in [0.1, 0.15) is 6.42 Å². The molecule has 0 radical (unpaired) electrons. The molecule has 6 heteroatoms. The predicted molar refractivity (Wildman–Crippen MR) is 57.1 cm³/mol. The molecule has 0 aromatic carbocycles. The summed E-state index contributed by atoms with van der Waals surface area (Å²) in [6.07, 6.45) is 1.09. The van der Waals surface area contributed by atoms with Crippen LogP contribution in [0.25, 0.3) is 0 Å². The Morgan fingerprint density at radius 2 is 2.08 bits per heavy atom. The van der Waals surface area contributed by atoms with Crippen molar-refractivity contribution in [1.82, 2.24) is 4.90 Å². The van der Waals surface area contributed by atoms with Gasteiger partial charge in [0.25, 0.3) is 0 Å². The van der Waals surface area contributed by atoms with Crippen molar-refractivity contribution < 1.29 is 0 Å². The minimum Gasteiger partial charge on any atom is -0.370 e. The summed E-state index contributed by atoms with van der Waals surface area (Å²) in [5.74, 6) is 2.35. The van der Waals surface area contributed by atoms with Gasteiger partial charge >= 0.3 is 0 Å². The molecule has 1 aliphatic rings. The molecule has 0 aliphatic carbocycles. The molecule has 1 rings (SSSR count). The topological polar surface area (TPSA) is 91.5 Å². The first-order valence-corrected chi connectivity index (χ1v) is 5.36. The lowest BCUT2D eigenvalue weighted by molar-refractivity contribution is 0.443. The molecule has 0 aromatic heterocycles. The van der Waals surface area contributed by atoms with Crippen LogP contribution in [-0.2, 0) is 0 Å². The van der Waals surface area contributed by atoms with Crippen LogP contribution in [0.4, 0.5) is 0 Å². The third kappa shape index (κ3) is 3.54. The fourth-order valence-corrected chi connectivity index (χ4v) is 2.04. The molecule has 0 unspecified atom stereocenters. The molecule has 0 atom stereocenters. The van der Waals surface area contributed by atoms with E-state index in [-0.39, 0.29) is 11.9 Å². The summed E-state index contributed by atoms with van der Waals surface area (Å²) in [6.45, 7) is 1.74. The molecule has 1 heterocycles. The van der Waals surface area contributed by atoms with Crippen molar-refractivity contribution in [3.8, 4) is 0 Å². The Hall–Kier alpha value is -0.910. The van der Waals surface area contributed by atoms with E-state index in [9.17, 15) is 0 Å². The van der Waals surface area contributed by atoms with Crippen molar-refractivity contribution in [2.24, 2.45) is 16.5 Å². The van der Waals surface area contributed by atoms with Gasteiger partial charge in [-0.3, -0.25) is 5.41 Å². The maximum atomic E-state index is 7.58. The number of nitrogens with one attached hydrogen (secondary N) is 1. The SMILES string of the molecule is N=C(N=C(N)N)N1CCCSCC1. The van der Waals surface area contributed by atoms with E-state index in [1.807, 2.05) is 16.7 Å². The van der Waals surface area contributed by atoms with E-state index in [2.05, 4.69) is 4.99 Å². The molecule has 0 aromatic rings. The summed E-state index contributed by atoms with van der Waals surface area (Å²) in [4.78, 5) is 5.62. The Balaban J connectivity index is 2.49.